The van der Waals surface area contributed by atoms with Gasteiger partial charge in [-0.1, -0.05) is 0 Å². The Kier molecular flexibility index (Phi) is 4.20. The van der Waals surface area contributed by atoms with Gasteiger partial charge in [-0.3, -0.25) is 4.57 Å². The van der Waals surface area contributed by atoms with Gasteiger partial charge in [0.15, 0.2) is 11.7 Å². The summed E-state index contributed by atoms with van der Waals surface area (Å²) in [6.07, 6.45) is 3.37. The number of aromatic nitrogens is 4. The normalized spacial score (nSPS) is 12.5. The first-order chi connectivity index (χ1) is 11.4. The Labute approximate surface area is 142 Å². The summed E-state index contributed by atoms with van der Waals surface area (Å²) in [5.74, 6) is 0.574. The van der Waals surface area contributed by atoms with Crippen LogP contribution in [0.5, 0.6) is 0 Å². The van der Waals surface area contributed by atoms with E-state index < -0.39 is 12.0 Å². The van der Waals surface area contributed by atoms with Crippen LogP contribution in [0.1, 0.15) is 44.4 Å². The first kappa shape index (κ1) is 16.3. The minimum absolute atomic E-state index is 0.255. The van der Waals surface area contributed by atoms with E-state index in [4.69, 9.17) is 10.2 Å². The van der Waals surface area contributed by atoms with E-state index in [1.807, 2.05) is 6.92 Å². The molecule has 0 aliphatic rings. The summed E-state index contributed by atoms with van der Waals surface area (Å²) in [4.78, 5) is 16.7. The molecule has 3 rings (SSSR count). The largest absolute Gasteiger partial charge is 0.478 e. The molecule has 24 heavy (non-hydrogen) atoms. The predicted molar refractivity (Wildman–Crippen MR) is 87.5 cm³/mol. The second kappa shape index (κ2) is 6.17. The third-order valence-electron chi connectivity index (χ3n) is 3.84. The highest BCUT2D eigenvalue weighted by molar-refractivity contribution is 7.15. The van der Waals surface area contributed by atoms with Crippen molar-refractivity contribution in [3.05, 3.63) is 46.0 Å². The summed E-state index contributed by atoms with van der Waals surface area (Å²) in [6, 6.07) is -0.519. The summed E-state index contributed by atoms with van der Waals surface area (Å²) in [7, 11) is 0. The minimum atomic E-state index is -0.979. The standard InChI is InChI=1S/C15H17N5O3S/c1-7-8(2)24-14(12(7)15(21)22)20-9(3)18-19-13(20)10(16)6-11-17-4-5-23-11/h4-5,10H,6,16H2,1-3H3,(H,21,22)/t10-/m0/s1. The van der Waals surface area contributed by atoms with Crippen LogP contribution in [-0.2, 0) is 6.42 Å². The molecule has 0 bridgehead atoms. The van der Waals surface area contributed by atoms with Gasteiger partial charge in [-0.05, 0) is 26.3 Å². The van der Waals surface area contributed by atoms with Gasteiger partial charge < -0.3 is 15.3 Å². The summed E-state index contributed by atoms with van der Waals surface area (Å²) in [5, 5.41) is 18.4. The van der Waals surface area contributed by atoms with Gasteiger partial charge in [0.1, 0.15) is 17.1 Å². The van der Waals surface area contributed by atoms with E-state index in [1.54, 1.807) is 24.6 Å². The van der Waals surface area contributed by atoms with Crippen LogP contribution in [0.15, 0.2) is 16.9 Å². The molecule has 3 N–H and O–H groups in total. The number of hydrogen-bond acceptors (Lipinski definition) is 7. The zero-order valence-electron chi connectivity index (χ0n) is 13.5. The molecule has 0 unspecified atom stereocenters. The van der Waals surface area contributed by atoms with Gasteiger partial charge in [0.05, 0.1) is 17.8 Å². The van der Waals surface area contributed by atoms with Gasteiger partial charge in [0.25, 0.3) is 0 Å². The van der Waals surface area contributed by atoms with Crippen molar-refractivity contribution in [1.29, 1.82) is 0 Å². The molecule has 8 nitrogen and oxygen atoms in total. The Morgan fingerprint density at radius 1 is 1.42 bits per heavy atom. The Bertz CT molecular complexity index is 881. The van der Waals surface area contributed by atoms with Crippen molar-refractivity contribution in [2.75, 3.05) is 0 Å². The zero-order valence-corrected chi connectivity index (χ0v) is 14.3. The lowest BCUT2D eigenvalue weighted by molar-refractivity contribution is 0.0696. The molecule has 3 aromatic rings. The van der Waals surface area contributed by atoms with E-state index in [0.29, 0.717) is 29.0 Å². The molecule has 126 valence electrons. The number of nitrogens with zero attached hydrogens (tertiary/aromatic N) is 4. The van der Waals surface area contributed by atoms with Crippen molar-refractivity contribution >= 4 is 17.3 Å². The fourth-order valence-electron chi connectivity index (χ4n) is 2.52. The lowest BCUT2D eigenvalue weighted by Crippen LogP contribution is -2.19. The second-order valence-electron chi connectivity index (χ2n) is 5.45. The van der Waals surface area contributed by atoms with Gasteiger partial charge in [-0.2, -0.15) is 0 Å². The van der Waals surface area contributed by atoms with Crippen LogP contribution in [0, 0.1) is 20.8 Å². The smallest absolute Gasteiger partial charge is 0.339 e. The van der Waals surface area contributed by atoms with E-state index in [2.05, 4.69) is 15.2 Å². The first-order valence-electron chi connectivity index (χ1n) is 7.29. The number of rotatable bonds is 5. The number of aryl methyl sites for hydroxylation is 2. The molecule has 0 spiro atoms. The Morgan fingerprint density at radius 2 is 2.17 bits per heavy atom. The van der Waals surface area contributed by atoms with Crippen LogP contribution < -0.4 is 5.73 Å². The summed E-state index contributed by atoms with van der Waals surface area (Å²) in [5.41, 5.74) is 7.24. The van der Waals surface area contributed by atoms with Gasteiger partial charge in [0, 0.05) is 11.3 Å². The van der Waals surface area contributed by atoms with Crippen molar-refractivity contribution in [3.8, 4) is 5.00 Å². The Balaban J connectivity index is 2.08. The first-order valence-corrected chi connectivity index (χ1v) is 8.11. The lowest BCUT2D eigenvalue weighted by Gasteiger charge is -2.12. The zero-order chi connectivity index (χ0) is 17.4. The number of carboxylic acids is 1. The maximum Gasteiger partial charge on any atom is 0.339 e. The Morgan fingerprint density at radius 3 is 2.79 bits per heavy atom. The highest BCUT2D eigenvalue weighted by Crippen LogP contribution is 2.33. The van der Waals surface area contributed by atoms with Gasteiger partial charge in [-0.25, -0.2) is 9.78 Å². The number of carbonyl (C=O) groups is 1. The third-order valence-corrected chi connectivity index (χ3v) is 5.04. The predicted octanol–water partition coefficient (Wildman–Crippen LogP) is 2.18. The fraction of sp³-hybridized carbons (Fsp3) is 0.333. The quantitative estimate of drug-likeness (QED) is 0.725. The number of aromatic carboxylic acids is 1. The van der Waals surface area contributed by atoms with E-state index >= 15 is 0 Å². The molecule has 0 aromatic carbocycles. The minimum Gasteiger partial charge on any atom is -0.478 e. The lowest BCUT2D eigenvalue weighted by atomic mass is 10.1. The molecule has 3 aromatic heterocycles. The molecule has 0 aliphatic carbocycles. The molecule has 0 saturated carbocycles. The number of hydrogen-bond donors (Lipinski definition) is 2. The van der Waals surface area contributed by atoms with Crippen LogP contribution >= 0.6 is 11.3 Å². The molecule has 0 aliphatic heterocycles. The van der Waals surface area contributed by atoms with Gasteiger partial charge >= 0.3 is 5.97 Å². The van der Waals surface area contributed by atoms with Crippen LogP contribution in [0.3, 0.4) is 0 Å². The second-order valence-corrected chi connectivity index (χ2v) is 6.65. The van der Waals surface area contributed by atoms with Crippen molar-refractivity contribution in [2.45, 2.75) is 33.2 Å². The highest BCUT2D eigenvalue weighted by atomic mass is 32.1. The monoisotopic (exact) mass is 347 g/mol. The van der Waals surface area contributed by atoms with Gasteiger partial charge in [-0.15, -0.1) is 21.5 Å². The van der Waals surface area contributed by atoms with Crippen molar-refractivity contribution < 1.29 is 14.3 Å². The van der Waals surface area contributed by atoms with Crippen LogP contribution in [0.2, 0.25) is 0 Å². The average molecular weight is 347 g/mol. The highest BCUT2D eigenvalue weighted by Gasteiger charge is 2.26. The fourth-order valence-corrected chi connectivity index (χ4v) is 3.73. The van der Waals surface area contributed by atoms with Crippen LogP contribution in [0.25, 0.3) is 5.00 Å². The molecule has 0 saturated heterocycles. The number of thiophene rings is 1. The summed E-state index contributed by atoms with van der Waals surface area (Å²) >= 11 is 1.39. The van der Waals surface area contributed by atoms with Crippen molar-refractivity contribution in [2.24, 2.45) is 5.73 Å². The molecule has 0 amide bonds. The maximum atomic E-state index is 11.7. The van der Waals surface area contributed by atoms with Crippen LogP contribution in [0.4, 0.5) is 0 Å². The topological polar surface area (TPSA) is 120 Å². The number of oxazole rings is 1. The Hall–Kier alpha value is -2.52. The maximum absolute atomic E-state index is 11.7. The molecule has 9 heteroatoms. The van der Waals surface area contributed by atoms with E-state index in [-0.39, 0.29) is 5.56 Å². The van der Waals surface area contributed by atoms with Crippen molar-refractivity contribution in [1.82, 2.24) is 19.7 Å². The SMILES string of the molecule is Cc1sc(-n2c(C)nnc2[C@@H](N)Cc2ncco2)c(C(=O)O)c1C. The number of nitrogens with two attached hydrogens (primary N) is 1. The average Bonchev–Trinajstić information content (AvgIpc) is 3.20. The number of carboxylic acid groups (broad SMARTS) is 1. The van der Waals surface area contributed by atoms with E-state index in [9.17, 15) is 9.90 Å². The van der Waals surface area contributed by atoms with E-state index in [0.717, 1.165) is 10.4 Å². The summed E-state index contributed by atoms with van der Waals surface area (Å²) < 4.78 is 6.93. The van der Waals surface area contributed by atoms with E-state index in [1.165, 1.54) is 17.6 Å². The van der Waals surface area contributed by atoms with Crippen molar-refractivity contribution in [3.63, 3.8) is 0 Å². The van der Waals surface area contributed by atoms with Crippen LogP contribution in [-0.4, -0.2) is 30.8 Å². The summed E-state index contributed by atoms with van der Waals surface area (Å²) in [6.45, 7) is 5.46. The third kappa shape index (κ3) is 2.72. The molecular weight excluding hydrogens is 330 g/mol. The molecule has 0 fully saturated rings. The molecule has 0 radical (unpaired) electrons. The van der Waals surface area contributed by atoms with Gasteiger partial charge in [0.2, 0.25) is 0 Å². The molecular formula is C15H17N5O3S. The molecule has 1 atom stereocenters. The molecule has 3 heterocycles.